The third kappa shape index (κ3) is 4.09. The quantitative estimate of drug-likeness (QED) is 0.799. The van der Waals surface area contributed by atoms with Crippen LogP contribution in [0, 0.1) is 11.3 Å². The topological polar surface area (TPSA) is 55.6 Å². The van der Waals surface area contributed by atoms with Crippen molar-refractivity contribution in [1.82, 2.24) is 14.8 Å². The minimum atomic E-state index is 0.163. The summed E-state index contributed by atoms with van der Waals surface area (Å²) in [5.74, 6) is 0. The van der Waals surface area contributed by atoms with Gasteiger partial charge in [-0.1, -0.05) is 0 Å². The van der Waals surface area contributed by atoms with Crippen LogP contribution in [0.15, 0.2) is 30.5 Å². The molecular formula is C23H31N5O. The van der Waals surface area contributed by atoms with Gasteiger partial charge in [-0.05, 0) is 52.1 Å². The van der Waals surface area contributed by atoms with E-state index in [-0.39, 0.29) is 12.2 Å². The Balaban J connectivity index is 1.56. The summed E-state index contributed by atoms with van der Waals surface area (Å²) in [6.07, 6.45) is 2.09. The van der Waals surface area contributed by atoms with Gasteiger partial charge >= 0.3 is 0 Å². The number of morpholine rings is 1. The number of nitriles is 1. The van der Waals surface area contributed by atoms with Crippen molar-refractivity contribution >= 4 is 16.6 Å². The monoisotopic (exact) mass is 393 g/mol. The SMILES string of the molecule is CC1CN(C[C@@H]2CN(c3ccc(C#N)c4ncccc34)C[C@@H](C)O2)C(C)CN1C. The molecule has 1 aromatic heterocycles. The average Bonchev–Trinajstić information content (AvgIpc) is 2.70. The van der Waals surface area contributed by atoms with Crippen LogP contribution in [0.5, 0.6) is 0 Å². The maximum atomic E-state index is 9.44. The van der Waals surface area contributed by atoms with Gasteiger partial charge in [-0.25, -0.2) is 0 Å². The second-order valence-corrected chi connectivity index (χ2v) is 8.71. The van der Waals surface area contributed by atoms with Crippen molar-refractivity contribution in [3.05, 3.63) is 36.0 Å². The highest BCUT2D eigenvalue weighted by molar-refractivity contribution is 5.95. The van der Waals surface area contributed by atoms with E-state index in [0.717, 1.165) is 49.3 Å². The number of ether oxygens (including phenoxy) is 1. The Kier molecular flexibility index (Phi) is 5.73. The number of hydrogen-bond acceptors (Lipinski definition) is 6. The summed E-state index contributed by atoms with van der Waals surface area (Å²) in [7, 11) is 2.21. The zero-order chi connectivity index (χ0) is 20.5. The first-order valence-electron chi connectivity index (χ1n) is 10.6. The first-order valence-corrected chi connectivity index (χ1v) is 10.6. The summed E-state index contributed by atoms with van der Waals surface area (Å²) in [6, 6.07) is 11.3. The van der Waals surface area contributed by atoms with Crippen molar-refractivity contribution in [3.8, 4) is 6.07 Å². The minimum Gasteiger partial charge on any atom is -0.370 e. The largest absolute Gasteiger partial charge is 0.370 e. The lowest BCUT2D eigenvalue weighted by Crippen LogP contribution is -2.59. The van der Waals surface area contributed by atoms with E-state index in [2.05, 4.69) is 65.7 Å². The average molecular weight is 394 g/mol. The molecule has 1 aromatic carbocycles. The van der Waals surface area contributed by atoms with Crippen LogP contribution in [0.2, 0.25) is 0 Å². The Morgan fingerprint density at radius 1 is 1.10 bits per heavy atom. The first kappa shape index (κ1) is 20.1. The second-order valence-electron chi connectivity index (χ2n) is 8.71. The summed E-state index contributed by atoms with van der Waals surface area (Å²) < 4.78 is 6.34. The van der Waals surface area contributed by atoms with Gasteiger partial charge in [0.2, 0.25) is 0 Å². The highest BCUT2D eigenvalue weighted by Gasteiger charge is 2.32. The number of fused-ring (bicyclic) bond motifs is 1. The van der Waals surface area contributed by atoms with E-state index in [1.165, 1.54) is 0 Å². The van der Waals surface area contributed by atoms with E-state index in [1.807, 2.05) is 12.1 Å². The molecule has 0 spiro atoms. The molecule has 6 nitrogen and oxygen atoms in total. The van der Waals surface area contributed by atoms with Gasteiger partial charge in [0.25, 0.3) is 0 Å². The van der Waals surface area contributed by atoms with Crippen LogP contribution >= 0.6 is 0 Å². The lowest BCUT2D eigenvalue weighted by molar-refractivity contribution is -0.0505. The third-order valence-corrected chi connectivity index (χ3v) is 6.40. The fourth-order valence-electron chi connectivity index (χ4n) is 4.75. The number of piperazine rings is 1. The molecule has 4 atom stereocenters. The number of anilines is 1. The third-order valence-electron chi connectivity index (χ3n) is 6.40. The molecule has 0 N–H and O–H groups in total. The van der Waals surface area contributed by atoms with E-state index in [4.69, 9.17) is 4.74 Å². The molecule has 3 heterocycles. The molecule has 4 rings (SSSR count). The van der Waals surface area contributed by atoms with Gasteiger partial charge in [0, 0.05) is 62.1 Å². The Morgan fingerprint density at radius 3 is 2.72 bits per heavy atom. The number of aromatic nitrogens is 1. The minimum absolute atomic E-state index is 0.163. The molecule has 0 radical (unpaired) electrons. The van der Waals surface area contributed by atoms with Gasteiger partial charge < -0.3 is 14.5 Å². The Hall–Kier alpha value is -2.20. The van der Waals surface area contributed by atoms with Crippen LogP contribution in [0.25, 0.3) is 10.9 Å². The lowest BCUT2D eigenvalue weighted by Gasteiger charge is -2.46. The van der Waals surface area contributed by atoms with E-state index in [1.54, 1.807) is 6.20 Å². The van der Waals surface area contributed by atoms with Gasteiger partial charge in [0.05, 0.1) is 23.3 Å². The van der Waals surface area contributed by atoms with E-state index in [0.29, 0.717) is 17.6 Å². The fourth-order valence-corrected chi connectivity index (χ4v) is 4.75. The van der Waals surface area contributed by atoms with Gasteiger partial charge in [0.15, 0.2) is 0 Å². The number of nitrogens with zero attached hydrogens (tertiary/aromatic N) is 5. The Labute approximate surface area is 173 Å². The molecule has 2 aromatic rings. The number of pyridine rings is 1. The van der Waals surface area contributed by atoms with Crippen molar-refractivity contribution in [2.75, 3.05) is 44.7 Å². The molecule has 6 heteroatoms. The molecular weight excluding hydrogens is 362 g/mol. The maximum absolute atomic E-state index is 9.44. The molecule has 0 amide bonds. The molecule has 29 heavy (non-hydrogen) atoms. The van der Waals surface area contributed by atoms with Crippen molar-refractivity contribution in [2.24, 2.45) is 0 Å². The lowest BCUT2D eigenvalue weighted by atomic mass is 10.0. The summed E-state index contributed by atoms with van der Waals surface area (Å²) in [5.41, 5.74) is 2.55. The predicted molar refractivity (Wildman–Crippen MR) is 116 cm³/mol. The van der Waals surface area contributed by atoms with E-state index < -0.39 is 0 Å². The van der Waals surface area contributed by atoms with Crippen LogP contribution in [-0.4, -0.2) is 78.8 Å². The van der Waals surface area contributed by atoms with Gasteiger partial charge in [-0.2, -0.15) is 5.26 Å². The van der Waals surface area contributed by atoms with Gasteiger partial charge in [-0.3, -0.25) is 9.88 Å². The summed E-state index contributed by atoms with van der Waals surface area (Å²) in [4.78, 5) is 11.9. The molecule has 2 aliphatic rings. The molecule has 2 fully saturated rings. The predicted octanol–water partition coefficient (Wildman–Crippen LogP) is 2.72. The fraction of sp³-hybridized carbons (Fsp3) is 0.565. The normalized spacial score (nSPS) is 29.1. The molecule has 154 valence electrons. The molecule has 0 aliphatic carbocycles. The molecule has 0 bridgehead atoms. The summed E-state index contributed by atoms with van der Waals surface area (Å²) >= 11 is 0. The maximum Gasteiger partial charge on any atom is 0.101 e. The van der Waals surface area contributed by atoms with Crippen molar-refractivity contribution in [3.63, 3.8) is 0 Å². The molecule has 2 unspecified atom stereocenters. The van der Waals surface area contributed by atoms with Crippen molar-refractivity contribution in [2.45, 2.75) is 45.1 Å². The van der Waals surface area contributed by atoms with Crippen molar-refractivity contribution < 1.29 is 4.74 Å². The summed E-state index contributed by atoms with van der Waals surface area (Å²) in [6.45, 7) is 11.6. The van der Waals surface area contributed by atoms with Crippen LogP contribution < -0.4 is 4.90 Å². The van der Waals surface area contributed by atoms with Crippen LogP contribution in [0.1, 0.15) is 26.3 Å². The standard InChI is InChI=1S/C23H31N5O/c1-16-12-27(17(2)11-26(16)4)14-20-15-28(13-18(3)29-20)22-8-7-19(10-24)23-21(22)6-5-9-25-23/h5-9,16-18,20H,11-15H2,1-4H3/t16?,17?,18-,20-/m1/s1. The van der Waals surface area contributed by atoms with Gasteiger partial charge in [0.1, 0.15) is 6.07 Å². The van der Waals surface area contributed by atoms with E-state index >= 15 is 0 Å². The van der Waals surface area contributed by atoms with Crippen LogP contribution in [0.3, 0.4) is 0 Å². The number of hydrogen-bond donors (Lipinski definition) is 0. The van der Waals surface area contributed by atoms with E-state index in [9.17, 15) is 5.26 Å². The Bertz CT molecular complexity index is 910. The van der Waals surface area contributed by atoms with Crippen molar-refractivity contribution in [1.29, 1.82) is 5.26 Å². The van der Waals surface area contributed by atoms with Crippen LogP contribution in [-0.2, 0) is 4.74 Å². The van der Waals surface area contributed by atoms with Gasteiger partial charge in [-0.15, -0.1) is 0 Å². The molecule has 2 saturated heterocycles. The number of rotatable bonds is 3. The number of benzene rings is 1. The Morgan fingerprint density at radius 2 is 1.93 bits per heavy atom. The number of likely N-dealkylation sites (N-methyl/N-ethyl adjacent to an activating group) is 1. The smallest absolute Gasteiger partial charge is 0.101 e. The zero-order valence-electron chi connectivity index (χ0n) is 17.9. The summed E-state index contributed by atoms with van der Waals surface area (Å²) in [5, 5.41) is 10.5. The molecule has 0 saturated carbocycles. The first-order chi connectivity index (χ1) is 14.0. The zero-order valence-corrected chi connectivity index (χ0v) is 17.9. The second kappa shape index (κ2) is 8.27. The van der Waals surface area contributed by atoms with Crippen LogP contribution in [0.4, 0.5) is 5.69 Å². The highest BCUT2D eigenvalue weighted by Crippen LogP contribution is 2.30. The molecule has 2 aliphatic heterocycles. The highest BCUT2D eigenvalue weighted by atomic mass is 16.5.